The van der Waals surface area contributed by atoms with Crippen LogP contribution in [0.25, 0.3) is 0 Å². The molecular weight excluding hydrogens is 420 g/mol. The zero-order valence-electron chi connectivity index (χ0n) is 13.5. The van der Waals surface area contributed by atoms with Crippen molar-refractivity contribution in [1.82, 2.24) is 9.78 Å². The first-order chi connectivity index (χ1) is 12.0. The highest BCUT2D eigenvalue weighted by Gasteiger charge is 2.05. The monoisotopic (exact) mass is 434 g/mol. The Balaban J connectivity index is 1.61. The third-order valence-electron chi connectivity index (χ3n) is 3.59. The summed E-state index contributed by atoms with van der Waals surface area (Å²) in [5.41, 5.74) is 3.11. The normalized spacial score (nSPS) is 10.5. The fourth-order valence-electron chi connectivity index (χ4n) is 2.29. The standard InChI is InChI=1S/C18H16BrClN4S/c1-12-2-7-15(20)10-16(12)21-18(25)22-17-8-9-24(23-17)11-13-3-5-14(19)6-4-13/h2-10H,11H2,1H3,(H2,21,22,23,25). The highest BCUT2D eigenvalue weighted by molar-refractivity contribution is 9.10. The molecule has 7 heteroatoms. The van der Waals surface area contributed by atoms with Crippen molar-refractivity contribution in [1.29, 1.82) is 0 Å². The minimum absolute atomic E-state index is 0.472. The molecule has 0 aliphatic heterocycles. The minimum Gasteiger partial charge on any atom is -0.332 e. The van der Waals surface area contributed by atoms with Crippen molar-refractivity contribution >= 4 is 56.4 Å². The molecule has 0 bridgehead atoms. The van der Waals surface area contributed by atoms with Crippen LogP contribution in [0, 0.1) is 6.92 Å². The molecule has 128 valence electrons. The summed E-state index contributed by atoms with van der Waals surface area (Å²) in [7, 11) is 0. The van der Waals surface area contributed by atoms with E-state index < -0.39 is 0 Å². The molecule has 0 saturated heterocycles. The molecular formula is C18H16BrClN4S. The number of nitrogens with one attached hydrogen (secondary N) is 2. The second kappa shape index (κ2) is 7.99. The van der Waals surface area contributed by atoms with Crippen LogP contribution in [-0.2, 0) is 6.54 Å². The van der Waals surface area contributed by atoms with Crippen molar-refractivity contribution in [3.63, 3.8) is 0 Å². The van der Waals surface area contributed by atoms with Crippen LogP contribution in [0.5, 0.6) is 0 Å². The predicted molar refractivity (Wildman–Crippen MR) is 112 cm³/mol. The van der Waals surface area contributed by atoms with Gasteiger partial charge in [0.25, 0.3) is 0 Å². The average Bonchev–Trinajstić information content (AvgIpc) is 3.00. The predicted octanol–water partition coefficient (Wildman–Crippen LogP) is 5.46. The molecule has 4 nitrogen and oxygen atoms in total. The van der Waals surface area contributed by atoms with Crippen molar-refractivity contribution in [3.8, 4) is 0 Å². The minimum atomic E-state index is 0.472. The van der Waals surface area contributed by atoms with Crippen molar-refractivity contribution < 1.29 is 0 Å². The Hall–Kier alpha value is -1.89. The molecule has 3 aromatic rings. The lowest BCUT2D eigenvalue weighted by Gasteiger charge is -2.11. The number of benzene rings is 2. The van der Waals surface area contributed by atoms with Crippen molar-refractivity contribution in [2.24, 2.45) is 0 Å². The van der Waals surface area contributed by atoms with E-state index in [4.69, 9.17) is 23.8 Å². The Kier molecular flexibility index (Phi) is 5.73. The van der Waals surface area contributed by atoms with Crippen molar-refractivity contribution in [2.75, 3.05) is 10.6 Å². The molecule has 0 atom stereocenters. The van der Waals surface area contributed by atoms with E-state index >= 15 is 0 Å². The number of rotatable bonds is 4. The summed E-state index contributed by atoms with van der Waals surface area (Å²) < 4.78 is 2.92. The SMILES string of the molecule is Cc1ccc(Cl)cc1NC(=S)Nc1ccn(Cc2ccc(Br)cc2)n1. The molecule has 1 heterocycles. The molecule has 0 radical (unpaired) electrons. The van der Waals surface area contributed by atoms with E-state index in [1.807, 2.05) is 54.2 Å². The van der Waals surface area contributed by atoms with E-state index in [-0.39, 0.29) is 0 Å². The van der Waals surface area contributed by atoms with Crippen molar-refractivity contribution in [2.45, 2.75) is 13.5 Å². The maximum Gasteiger partial charge on any atom is 0.176 e. The third kappa shape index (κ3) is 5.04. The largest absolute Gasteiger partial charge is 0.332 e. The van der Waals surface area contributed by atoms with Crippen LogP contribution < -0.4 is 10.6 Å². The number of aryl methyl sites for hydroxylation is 1. The van der Waals surface area contributed by atoms with Gasteiger partial charge in [-0.3, -0.25) is 4.68 Å². The van der Waals surface area contributed by atoms with Crippen LogP contribution in [0.1, 0.15) is 11.1 Å². The highest BCUT2D eigenvalue weighted by Crippen LogP contribution is 2.20. The second-order valence-corrected chi connectivity index (χ2v) is 7.32. The van der Waals surface area contributed by atoms with Gasteiger partial charge in [-0.05, 0) is 54.5 Å². The molecule has 1 aromatic heterocycles. The first-order valence-electron chi connectivity index (χ1n) is 7.62. The van der Waals surface area contributed by atoms with E-state index in [0.717, 1.165) is 15.7 Å². The molecule has 2 N–H and O–H groups in total. The van der Waals surface area contributed by atoms with Crippen LogP contribution in [0.2, 0.25) is 5.02 Å². The van der Waals surface area contributed by atoms with E-state index in [2.05, 4.69) is 43.8 Å². The molecule has 0 fully saturated rings. The van der Waals surface area contributed by atoms with Gasteiger partial charge in [-0.2, -0.15) is 5.10 Å². The Morgan fingerprint density at radius 2 is 1.92 bits per heavy atom. The van der Waals surface area contributed by atoms with Crippen molar-refractivity contribution in [3.05, 3.63) is 75.4 Å². The van der Waals surface area contributed by atoms with Crippen LogP contribution in [0.3, 0.4) is 0 Å². The van der Waals surface area contributed by atoms with E-state index in [1.165, 1.54) is 5.56 Å². The summed E-state index contributed by atoms with van der Waals surface area (Å²) >= 11 is 14.8. The van der Waals surface area contributed by atoms with Crippen LogP contribution >= 0.6 is 39.7 Å². The zero-order chi connectivity index (χ0) is 17.8. The van der Waals surface area contributed by atoms with Gasteiger partial charge < -0.3 is 10.6 Å². The van der Waals surface area contributed by atoms with Gasteiger partial charge in [0, 0.05) is 27.4 Å². The second-order valence-electron chi connectivity index (χ2n) is 5.56. The van der Waals surface area contributed by atoms with Gasteiger partial charge >= 0.3 is 0 Å². The van der Waals surface area contributed by atoms with Gasteiger partial charge in [0.15, 0.2) is 10.9 Å². The molecule has 0 amide bonds. The molecule has 0 spiro atoms. The summed E-state index contributed by atoms with van der Waals surface area (Å²) in [6.07, 6.45) is 1.91. The summed E-state index contributed by atoms with van der Waals surface area (Å²) in [5.74, 6) is 0.689. The topological polar surface area (TPSA) is 41.9 Å². The average molecular weight is 436 g/mol. The van der Waals surface area contributed by atoms with Crippen LogP contribution in [0.4, 0.5) is 11.5 Å². The Morgan fingerprint density at radius 1 is 1.16 bits per heavy atom. The lowest BCUT2D eigenvalue weighted by molar-refractivity contribution is 0.690. The molecule has 3 rings (SSSR count). The fraction of sp³-hybridized carbons (Fsp3) is 0.111. The Bertz CT molecular complexity index is 892. The molecule has 2 aromatic carbocycles. The summed E-state index contributed by atoms with van der Waals surface area (Å²) in [6.45, 7) is 2.69. The van der Waals surface area contributed by atoms with Crippen LogP contribution in [-0.4, -0.2) is 14.9 Å². The quantitative estimate of drug-likeness (QED) is 0.534. The molecule has 0 saturated carbocycles. The molecule has 0 unspecified atom stereocenters. The molecule has 0 aliphatic rings. The van der Waals surface area contributed by atoms with Gasteiger partial charge in [0.1, 0.15) is 0 Å². The lowest BCUT2D eigenvalue weighted by atomic mass is 10.2. The zero-order valence-corrected chi connectivity index (χ0v) is 16.6. The first kappa shape index (κ1) is 17.9. The fourth-order valence-corrected chi connectivity index (χ4v) is 2.94. The highest BCUT2D eigenvalue weighted by atomic mass is 79.9. The van der Waals surface area contributed by atoms with Gasteiger partial charge in [0.05, 0.1) is 6.54 Å². The molecule has 25 heavy (non-hydrogen) atoms. The van der Waals surface area contributed by atoms with Crippen LogP contribution in [0.15, 0.2) is 59.2 Å². The third-order valence-corrected chi connectivity index (χ3v) is 4.56. The lowest BCUT2D eigenvalue weighted by Crippen LogP contribution is -2.20. The summed E-state index contributed by atoms with van der Waals surface area (Å²) in [5, 5.41) is 11.9. The van der Waals surface area contributed by atoms with E-state index in [1.54, 1.807) is 0 Å². The number of thiocarbonyl (C=S) groups is 1. The van der Waals surface area contributed by atoms with E-state index in [0.29, 0.717) is 22.5 Å². The maximum absolute atomic E-state index is 6.03. The maximum atomic E-state index is 6.03. The van der Waals surface area contributed by atoms with Gasteiger partial charge in [0.2, 0.25) is 0 Å². The van der Waals surface area contributed by atoms with E-state index in [9.17, 15) is 0 Å². The Morgan fingerprint density at radius 3 is 2.68 bits per heavy atom. The molecule has 0 aliphatic carbocycles. The van der Waals surface area contributed by atoms with Gasteiger partial charge in [-0.25, -0.2) is 0 Å². The smallest absolute Gasteiger partial charge is 0.176 e. The number of halogens is 2. The number of aromatic nitrogens is 2. The summed E-state index contributed by atoms with van der Waals surface area (Å²) in [6, 6.07) is 15.7. The van der Waals surface area contributed by atoms with Gasteiger partial charge in [-0.15, -0.1) is 0 Å². The number of anilines is 2. The Labute approximate surface area is 165 Å². The van der Waals surface area contributed by atoms with Gasteiger partial charge in [-0.1, -0.05) is 45.7 Å². The first-order valence-corrected chi connectivity index (χ1v) is 9.19. The number of nitrogens with zero attached hydrogens (tertiary/aromatic N) is 2. The summed E-state index contributed by atoms with van der Waals surface area (Å²) in [4.78, 5) is 0. The number of hydrogen-bond acceptors (Lipinski definition) is 2. The number of hydrogen-bond donors (Lipinski definition) is 2.